The highest BCUT2D eigenvalue weighted by atomic mass is 16.2. The Bertz CT molecular complexity index is 850. The number of amides is 4. The monoisotopic (exact) mass is 675 g/mol. The van der Waals surface area contributed by atoms with Gasteiger partial charge in [-0.05, 0) is 25.7 Å². The SMILES string of the molecule is O=[C]C1(N2NC(=O)CCCCCCCCCCCCCCCCC(=O)N2)NC(=O)CCCCCCCCCCCCCCCCC(=O)N1. The lowest BCUT2D eigenvalue weighted by Crippen LogP contribution is -2.78. The zero-order chi connectivity index (χ0) is 34.5. The molecule has 2 rings (SSSR count). The fourth-order valence-corrected chi connectivity index (χ4v) is 6.71. The number of hydrogen-bond donors (Lipinski definition) is 4. The summed E-state index contributed by atoms with van der Waals surface area (Å²) in [4.78, 5) is 65.7. The molecule has 0 aromatic rings. The number of carbonyl (C=O) groups is 4. The van der Waals surface area contributed by atoms with Crippen LogP contribution in [0.2, 0.25) is 0 Å². The van der Waals surface area contributed by atoms with Gasteiger partial charge in [-0.1, -0.05) is 159 Å². The first-order valence-electron chi connectivity index (χ1n) is 19.9. The molecule has 0 aliphatic carbocycles. The molecule has 4 amide bonds. The van der Waals surface area contributed by atoms with Gasteiger partial charge >= 0.3 is 0 Å². The summed E-state index contributed by atoms with van der Waals surface area (Å²) in [5.74, 6) is -4.04. The lowest BCUT2D eigenvalue weighted by Gasteiger charge is -2.39. The molecule has 48 heavy (non-hydrogen) atoms. The summed E-state index contributed by atoms with van der Waals surface area (Å²) in [5.41, 5.74) is 5.28. The Morgan fingerprint density at radius 3 is 0.792 bits per heavy atom. The topological polar surface area (TPSA) is 137 Å². The number of rotatable bonds is 2. The van der Waals surface area contributed by atoms with Gasteiger partial charge in [0.2, 0.25) is 23.6 Å². The van der Waals surface area contributed by atoms with E-state index in [1.54, 1.807) is 6.29 Å². The molecule has 0 atom stereocenters. The highest BCUT2D eigenvalue weighted by molar-refractivity contribution is 5.87. The van der Waals surface area contributed by atoms with E-state index in [-0.39, 0.29) is 25.7 Å². The fraction of sp³-hybridized carbons (Fsp3) is 0.868. The smallest absolute Gasteiger partial charge is 0.275 e. The summed E-state index contributed by atoms with van der Waals surface area (Å²) < 4.78 is 0. The standard InChI is InChI=1S/C38H68N5O5/c44-33-38(39-34(45)29-25-21-17-13-9-5-1-2-6-10-14-18-22-26-30-35(46)40-38)43-41-36(47)31-27-23-19-15-11-7-3-4-8-12-16-20-24-28-32-37(48)42-43/h1-32H2,(H,39,45)(H,40,46)(H,41,47)(H,42,48). The number of nitrogens with zero attached hydrogens (tertiary/aromatic N) is 1. The highest BCUT2D eigenvalue weighted by Crippen LogP contribution is 2.17. The first kappa shape index (κ1) is 41.7. The molecule has 0 saturated carbocycles. The van der Waals surface area contributed by atoms with Gasteiger partial charge in [0, 0.05) is 25.7 Å². The quantitative estimate of drug-likeness (QED) is 0.235. The van der Waals surface area contributed by atoms with E-state index >= 15 is 0 Å². The van der Waals surface area contributed by atoms with Crippen LogP contribution in [-0.2, 0) is 24.0 Å². The third-order valence-electron chi connectivity index (χ3n) is 9.71. The average Bonchev–Trinajstić information content (AvgIpc) is 3.06. The maximum atomic E-state index is 13.3. The van der Waals surface area contributed by atoms with Crippen LogP contribution in [0.3, 0.4) is 0 Å². The molecule has 2 saturated heterocycles. The first-order valence-corrected chi connectivity index (χ1v) is 19.9. The van der Waals surface area contributed by atoms with Crippen LogP contribution in [0, 0.1) is 0 Å². The van der Waals surface area contributed by atoms with E-state index in [9.17, 15) is 24.0 Å². The van der Waals surface area contributed by atoms with Crippen LogP contribution in [0.1, 0.15) is 205 Å². The molecule has 0 aromatic carbocycles. The number of hydrazine groups is 2. The molecule has 275 valence electrons. The summed E-state index contributed by atoms with van der Waals surface area (Å²) in [6, 6.07) is 0. The Labute approximate surface area is 291 Å². The van der Waals surface area contributed by atoms with Gasteiger partial charge in [-0.2, -0.15) is 0 Å². The van der Waals surface area contributed by atoms with E-state index in [1.807, 2.05) is 0 Å². The third-order valence-corrected chi connectivity index (χ3v) is 9.71. The minimum Gasteiger partial charge on any atom is -0.311 e. The minimum atomic E-state index is -2.28. The average molecular weight is 675 g/mol. The molecule has 0 bridgehead atoms. The van der Waals surface area contributed by atoms with Gasteiger partial charge < -0.3 is 10.6 Å². The van der Waals surface area contributed by atoms with E-state index in [0.717, 1.165) is 82.2 Å². The van der Waals surface area contributed by atoms with Crippen LogP contribution < -0.4 is 21.5 Å². The molecule has 10 nitrogen and oxygen atoms in total. The van der Waals surface area contributed by atoms with Gasteiger partial charge in [0.05, 0.1) is 0 Å². The van der Waals surface area contributed by atoms with E-state index in [4.69, 9.17) is 0 Å². The second-order valence-corrected chi connectivity index (χ2v) is 14.2. The largest absolute Gasteiger partial charge is 0.311 e. The van der Waals surface area contributed by atoms with Gasteiger partial charge in [-0.25, -0.2) is 0 Å². The number of hydrogen-bond acceptors (Lipinski definition) is 6. The summed E-state index contributed by atoms with van der Waals surface area (Å²) >= 11 is 0. The van der Waals surface area contributed by atoms with Gasteiger partial charge in [0.15, 0.2) is 0 Å². The van der Waals surface area contributed by atoms with Crippen molar-refractivity contribution in [3.05, 3.63) is 0 Å². The fourth-order valence-electron chi connectivity index (χ4n) is 6.71. The number of nitrogens with one attached hydrogen (secondary N) is 4. The maximum Gasteiger partial charge on any atom is 0.275 e. The van der Waals surface area contributed by atoms with Crippen LogP contribution in [0.25, 0.3) is 0 Å². The lowest BCUT2D eigenvalue weighted by atomic mass is 10.0. The van der Waals surface area contributed by atoms with Crippen molar-refractivity contribution < 1.29 is 24.0 Å². The molecule has 0 aromatic heterocycles. The molecule has 0 unspecified atom stereocenters. The predicted octanol–water partition coefficient (Wildman–Crippen LogP) is 7.86. The summed E-state index contributed by atoms with van der Waals surface area (Å²) in [6.45, 7) is 0. The third kappa shape index (κ3) is 20.1. The summed E-state index contributed by atoms with van der Waals surface area (Å²) in [6.07, 6.45) is 32.3. The molecule has 2 fully saturated rings. The van der Waals surface area contributed by atoms with E-state index < -0.39 is 29.4 Å². The minimum absolute atomic E-state index is 0.148. The van der Waals surface area contributed by atoms with Crippen molar-refractivity contribution in [2.24, 2.45) is 0 Å². The van der Waals surface area contributed by atoms with E-state index in [1.165, 1.54) is 77.0 Å². The van der Waals surface area contributed by atoms with Gasteiger partial charge in [0.25, 0.3) is 12.1 Å². The molecular formula is C38H68N5O5. The van der Waals surface area contributed by atoms with Gasteiger partial charge in [-0.3, -0.25) is 34.8 Å². The normalized spacial score (nSPS) is 23.8. The zero-order valence-electron chi connectivity index (χ0n) is 30.1. The second kappa shape index (κ2) is 27.3. The van der Waals surface area contributed by atoms with Crippen molar-refractivity contribution in [3.8, 4) is 0 Å². The van der Waals surface area contributed by atoms with Crippen molar-refractivity contribution in [2.45, 2.75) is 211 Å². The molecule has 2 heterocycles. The molecular weight excluding hydrogens is 606 g/mol. The maximum absolute atomic E-state index is 13.3. The predicted molar refractivity (Wildman–Crippen MR) is 191 cm³/mol. The molecule has 10 heteroatoms. The number of carbonyl (C=O) groups excluding carboxylic acids is 5. The Morgan fingerprint density at radius 1 is 0.354 bits per heavy atom. The van der Waals surface area contributed by atoms with Gasteiger partial charge in [-0.15, -0.1) is 0 Å². The van der Waals surface area contributed by atoms with Crippen LogP contribution in [0.4, 0.5) is 0 Å². The Kier molecular flexibility index (Phi) is 23.7. The first-order chi connectivity index (χ1) is 23.4. The van der Waals surface area contributed by atoms with E-state index in [2.05, 4.69) is 21.5 Å². The molecule has 2 aliphatic heterocycles. The Balaban J connectivity index is 2.20. The summed E-state index contributed by atoms with van der Waals surface area (Å²) in [7, 11) is 0. The van der Waals surface area contributed by atoms with Crippen molar-refractivity contribution in [3.63, 3.8) is 0 Å². The van der Waals surface area contributed by atoms with Crippen LogP contribution in [-0.4, -0.2) is 40.8 Å². The Hall–Kier alpha value is -2.49. The molecule has 0 spiro atoms. The molecule has 4 N–H and O–H groups in total. The summed E-state index contributed by atoms with van der Waals surface area (Å²) in [5, 5.41) is 6.17. The van der Waals surface area contributed by atoms with Crippen molar-refractivity contribution in [1.29, 1.82) is 0 Å². The van der Waals surface area contributed by atoms with Gasteiger partial charge in [0.1, 0.15) is 0 Å². The molecule has 1 radical (unpaired) electrons. The molecule has 2 aliphatic rings. The van der Waals surface area contributed by atoms with Crippen molar-refractivity contribution in [1.82, 2.24) is 26.6 Å². The van der Waals surface area contributed by atoms with Crippen LogP contribution >= 0.6 is 0 Å². The van der Waals surface area contributed by atoms with E-state index in [0.29, 0.717) is 25.7 Å². The second-order valence-electron chi connectivity index (χ2n) is 14.2. The zero-order valence-corrected chi connectivity index (χ0v) is 30.1. The van der Waals surface area contributed by atoms with Crippen LogP contribution in [0.5, 0.6) is 0 Å². The van der Waals surface area contributed by atoms with Crippen molar-refractivity contribution >= 4 is 29.9 Å². The highest BCUT2D eigenvalue weighted by Gasteiger charge is 2.43. The van der Waals surface area contributed by atoms with Crippen molar-refractivity contribution in [2.75, 3.05) is 0 Å². The lowest BCUT2D eigenvalue weighted by molar-refractivity contribution is -0.149. The van der Waals surface area contributed by atoms with Crippen LogP contribution in [0.15, 0.2) is 0 Å². The Morgan fingerprint density at radius 2 is 0.562 bits per heavy atom.